The van der Waals surface area contributed by atoms with E-state index in [1.165, 1.54) is 12.1 Å². The van der Waals surface area contributed by atoms with Crippen molar-refractivity contribution in [3.8, 4) is 11.8 Å². The fraction of sp³-hybridized carbons (Fsp3) is 0.300. The maximum absolute atomic E-state index is 12.9. The Labute approximate surface area is 142 Å². The van der Waals surface area contributed by atoms with Crippen molar-refractivity contribution in [3.63, 3.8) is 0 Å². The van der Waals surface area contributed by atoms with Crippen LogP contribution in [0, 0.1) is 30.0 Å². The molecule has 0 saturated carbocycles. The number of nitrogens with one attached hydrogen (secondary N) is 1. The first kappa shape index (κ1) is 17.7. The highest BCUT2D eigenvalue weighted by atomic mass is 19.1. The van der Waals surface area contributed by atoms with Crippen molar-refractivity contribution in [3.05, 3.63) is 64.7 Å². The minimum Gasteiger partial charge on any atom is -0.350 e. The molecule has 2 rings (SSSR count). The molecule has 1 N–H and O–H groups in total. The molecule has 0 radical (unpaired) electrons. The van der Waals surface area contributed by atoms with Gasteiger partial charge in [-0.05, 0) is 48.2 Å². The SMILES string of the molecule is Cc1cc(C#Cc2ccc(F)cc2)cnc1C(=O)NCC(C)(C)C. The molecule has 0 aliphatic rings. The number of carbonyl (C=O) groups excluding carboxylic acids is 1. The van der Waals surface area contributed by atoms with Crippen molar-refractivity contribution in [1.82, 2.24) is 10.3 Å². The molecule has 1 aromatic carbocycles. The van der Waals surface area contributed by atoms with Gasteiger partial charge in [-0.2, -0.15) is 0 Å². The number of amides is 1. The summed E-state index contributed by atoms with van der Waals surface area (Å²) in [7, 11) is 0. The molecule has 0 saturated heterocycles. The van der Waals surface area contributed by atoms with Gasteiger partial charge in [-0.3, -0.25) is 4.79 Å². The van der Waals surface area contributed by atoms with Crippen LogP contribution < -0.4 is 5.32 Å². The molecule has 1 aromatic heterocycles. The van der Waals surface area contributed by atoms with Crippen LogP contribution in [0.25, 0.3) is 0 Å². The van der Waals surface area contributed by atoms with Crippen LogP contribution in [0.1, 0.15) is 48.0 Å². The maximum atomic E-state index is 12.9. The minimum atomic E-state index is -0.288. The summed E-state index contributed by atoms with van der Waals surface area (Å²) in [4.78, 5) is 16.4. The number of aryl methyl sites for hydroxylation is 1. The van der Waals surface area contributed by atoms with Crippen LogP contribution in [0.5, 0.6) is 0 Å². The summed E-state index contributed by atoms with van der Waals surface area (Å²) in [5, 5.41) is 2.89. The Morgan fingerprint density at radius 1 is 1.17 bits per heavy atom. The highest BCUT2D eigenvalue weighted by molar-refractivity contribution is 5.93. The van der Waals surface area contributed by atoms with Crippen molar-refractivity contribution < 1.29 is 9.18 Å². The first-order valence-corrected chi connectivity index (χ1v) is 7.77. The van der Waals surface area contributed by atoms with E-state index in [1.807, 2.05) is 13.0 Å². The van der Waals surface area contributed by atoms with E-state index in [0.29, 0.717) is 17.8 Å². The average Bonchev–Trinajstić information content (AvgIpc) is 2.51. The number of nitrogens with zero attached hydrogens (tertiary/aromatic N) is 1. The summed E-state index contributed by atoms with van der Waals surface area (Å²) in [5.41, 5.74) is 2.63. The van der Waals surface area contributed by atoms with Gasteiger partial charge < -0.3 is 5.32 Å². The molecule has 124 valence electrons. The van der Waals surface area contributed by atoms with E-state index in [9.17, 15) is 9.18 Å². The number of benzene rings is 1. The summed E-state index contributed by atoms with van der Waals surface area (Å²) < 4.78 is 12.9. The average molecular weight is 324 g/mol. The van der Waals surface area contributed by atoms with Crippen molar-refractivity contribution >= 4 is 5.91 Å². The highest BCUT2D eigenvalue weighted by Crippen LogP contribution is 2.12. The molecule has 0 aliphatic carbocycles. The topological polar surface area (TPSA) is 42.0 Å². The van der Waals surface area contributed by atoms with Crippen LogP contribution in [0.3, 0.4) is 0 Å². The summed E-state index contributed by atoms with van der Waals surface area (Å²) in [6.07, 6.45) is 1.58. The third-order valence-corrected chi connectivity index (χ3v) is 3.27. The Kier molecular flexibility index (Phi) is 5.35. The number of carbonyl (C=O) groups is 1. The first-order valence-electron chi connectivity index (χ1n) is 7.77. The lowest BCUT2D eigenvalue weighted by molar-refractivity contribution is 0.0933. The zero-order valence-corrected chi connectivity index (χ0v) is 14.4. The van der Waals surface area contributed by atoms with E-state index in [-0.39, 0.29) is 17.1 Å². The lowest BCUT2D eigenvalue weighted by Gasteiger charge is -2.18. The molecule has 0 fully saturated rings. The number of hydrogen-bond acceptors (Lipinski definition) is 2. The van der Waals surface area contributed by atoms with E-state index >= 15 is 0 Å². The lowest BCUT2D eigenvalue weighted by Crippen LogP contribution is -2.33. The predicted molar refractivity (Wildman–Crippen MR) is 93.1 cm³/mol. The summed E-state index contributed by atoms with van der Waals surface area (Å²) >= 11 is 0. The van der Waals surface area contributed by atoms with Gasteiger partial charge in [0.1, 0.15) is 11.5 Å². The smallest absolute Gasteiger partial charge is 0.270 e. The molecular formula is C20H21FN2O. The number of hydrogen-bond donors (Lipinski definition) is 1. The van der Waals surface area contributed by atoms with E-state index in [1.54, 1.807) is 18.3 Å². The van der Waals surface area contributed by atoms with Crippen LogP contribution in [-0.2, 0) is 0 Å². The molecule has 24 heavy (non-hydrogen) atoms. The molecule has 0 atom stereocenters. The Bertz CT molecular complexity index is 793. The predicted octanol–water partition coefficient (Wildman–Crippen LogP) is 3.70. The molecule has 1 amide bonds. The van der Waals surface area contributed by atoms with E-state index < -0.39 is 0 Å². The number of rotatable bonds is 2. The van der Waals surface area contributed by atoms with Crippen LogP contribution >= 0.6 is 0 Å². The van der Waals surface area contributed by atoms with E-state index in [2.05, 4.69) is 42.9 Å². The van der Waals surface area contributed by atoms with Gasteiger partial charge in [0.15, 0.2) is 0 Å². The van der Waals surface area contributed by atoms with E-state index in [4.69, 9.17) is 0 Å². The van der Waals surface area contributed by atoms with Gasteiger partial charge in [-0.15, -0.1) is 0 Å². The Hall–Kier alpha value is -2.67. The normalized spacial score (nSPS) is 10.7. The molecular weight excluding hydrogens is 303 g/mol. The van der Waals surface area contributed by atoms with Crippen LogP contribution in [0.2, 0.25) is 0 Å². The number of pyridine rings is 1. The molecule has 1 heterocycles. The number of aromatic nitrogens is 1. The van der Waals surface area contributed by atoms with Crippen molar-refractivity contribution in [2.75, 3.05) is 6.54 Å². The molecule has 0 bridgehead atoms. The molecule has 2 aromatic rings. The second-order valence-corrected chi connectivity index (χ2v) is 6.89. The molecule has 0 aliphatic heterocycles. The maximum Gasteiger partial charge on any atom is 0.270 e. The van der Waals surface area contributed by atoms with Gasteiger partial charge >= 0.3 is 0 Å². The van der Waals surface area contributed by atoms with Gasteiger partial charge in [0.2, 0.25) is 0 Å². The van der Waals surface area contributed by atoms with Gasteiger partial charge in [-0.1, -0.05) is 32.6 Å². The standard InChI is InChI=1S/C20H21FN2O/c1-14-11-16(6-5-15-7-9-17(21)10-8-15)12-22-18(14)19(24)23-13-20(2,3)4/h7-12H,13H2,1-4H3,(H,23,24). The second kappa shape index (κ2) is 7.27. The molecule has 4 heteroatoms. The van der Waals surface area contributed by atoms with Crippen LogP contribution in [0.15, 0.2) is 36.5 Å². The van der Waals surface area contributed by atoms with Crippen LogP contribution in [0.4, 0.5) is 4.39 Å². The fourth-order valence-corrected chi connectivity index (χ4v) is 1.99. The second-order valence-electron chi connectivity index (χ2n) is 6.89. The van der Waals surface area contributed by atoms with Crippen molar-refractivity contribution in [1.29, 1.82) is 0 Å². The minimum absolute atomic E-state index is 0.0180. The van der Waals surface area contributed by atoms with Crippen molar-refractivity contribution in [2.24, 2.45) is 5.41 Å². The largest absolute Gasteiger partial charge is 0.350 e. The monoisotopic (exact) mass is 324 g/mol. The van der Waals surface area contributed by atoms with Gasteiger partial charge in [0.25, 0.3) is 5.91 Å². The summed E-state index contributed by atoms with van der Waals surface area (Å²) in [6, 6.07) is 7.82. The Morgan fingerprint density at radius 3 is 2.38 bits per heavy atom. The van der Waals surface area contributed by atoms with E-state index in [0.717, 1.165) is 11.1 Å². The molecule has 0 unspecified atom stereocenters. The Balaban J connectivity index is 2.12. The number of halogens is 1. The molecule has 0 spiro atoms. The third-order valence-electron chi connectivity index (χ3n) is 3.27. The highest BCUT2D eigenvalue weighted by Gasteiger charge is 2.15. The van der Waals surface area contributed by atoms with Gasteiger partial charge in [0.05, 0.1) is 0 Å². The first-order chi connectivity index (χ1) is 11.2. The molecule has 3 nitrogen and oxygen atoms in total. The van der Waals surface area contributed by atoms with Gasteiger partial charge in [0, 0.05) is 23.9 Å². The van der Waals surface area contributed by atoms with Crippen molar-refractivity contribution in [2.45, 2.75) is 27.7 Å². The Morgan fingerprint density at radius 2 is 1.79 bits per heavy atom. The zero-order valence-electron chi connectivity index (χ0n) is 14.4. The van der Waals surface area contributed by atoms with Crippen LogP contribution in [-0.4, -0.2) is 17.4 Å². The summed E-state index contributed by atoms with van der Waals surface area (Å²) in [6.45, 7) is 8.59. The summed E-state index contributed by atoms with van der Waals surface area (Å²) in [5.74, 6) is 5.46. The fourth-order valence-electron chi connectivity index (χ4n) is 1.99. The third kappa shape index (κ3) is 5.20. The zero-order chi connectivity index (χ0) is 17.7. The quantitative estimate of drug-likeness (QED) is 0.856. The van der Waals surface area contributed by atoms with Gasteiger partial charge in [-0.25, -0.2) is 9.37 Å². The lowest BCUT2D eigenvalue weighted by atomic mass is 9.97.